The Bertz CT molecular complexity index is 1100. The van der Waals surface area contributed by atoms with Gasteiger partial charge < -0.3 is 0 Å². The monoisotopic (exact) mass is 368 g/mol. The number of benzene rings is 2. The number of fused-ring (bicyclic) bond motifs is 1. The van der Waals surface area contributed by atoms with Crippen molar-refractivity contribution in [3.63, 3.8) is 0 Å². The second-order valence-corrected chi connectivity index (χ2v) is 6.70. The van der Waals surface area contributed by atoms with Gasteiger partial charge in [-0.3, -0.25) is 0 Å². The molecule has 0 aliphatic heterocycles. The second-order valence-electron chi connectivity index (χ2n) is 5.85. The maximum atomic E-state index is 6.42. The molecule has 4 aromatic rings. The van der Waals surface area contributed by atoms with Crippen LogP contribution in [0, 0.1) is 13.8 Å². The second kappa shape index (κ2) is 6.14. The molecule has 124 valence electrons. The van der Waals surface area contributed by atoms with Gasteiger partial charge in [0.15, 0.2) is 0 Å². The molecular weight excluding hydrogens is 355 g/mol. The molecule has 4 nitrogen and oxygen atoms in total. The zero-order valence-corrected chi connectivity index (χ0v) is 15.2. The fourth-order valence-corrected chi connectivity index (χ4v) is 3.27. The highest BCUT2D eigenvalue weighted by Gasteiger charge is 2.15. The van der Waals surface area contributed by atoms with Gasteiger partial charge in [0.25, 0.3) is 5.95 Å². The molecule has 0 saturated carbocycles. The third-order valence-corrected chi connectivity index (χ3v) is 4.54. The van der Waals surface area contributed by atoms with Crippen LogP contribution in [0.3, 0.4) is 0 Å². The van der Waals surface area contributed by atoms with E-state index in [0.29, 0.717) is 16.0 Å². The summed E-state index contributed by atoms with van der Waals surface area (Å²) >= 11 is 12.6. The van der Waals surface area contributed by atoms with Gasteiger partial charge in [0, 0.05) is 26.7 Å². The molecule has 0 amide bonds. The molecule has 0 radical (unpaired) electrons. The minimum absolute atomic E-state index is 0.510. The van der Waals surface area contributed by atoms with E-state index in [1.807, 2.05) is 62.4 Å². The number of aromatic nitrogens is 4. The molecule has 0 fully saturated rings. The Balaban J connectivity index is 2.07. The van der Waals surface area contributed by atoms with Gasteiger partial charge in [0.2, 0.25) is 0 Å². The van der Waals surface area contributed by atoms with Crippen molar-refractivity contribution in [2.24, 2.45) is 0 Å². The molecule has 0 N–H and O–H groups in total. The van der Waals surface area contributed by atoms with E-state index in [1.54, 1.807) is 4.68 Å². The molecule has 0 aliphatic rings. The first-order chi connectivity index (χ1) is 12.0. The van der Waals surface area contributed by atoms with E-state index >= 15 is 0 Å². The fourth-order valence-electron chi connectivity index (χ4n) is 2.87. The normalized spacial score (nSPS) is 11.2. The van der Waals surface area contributed by atoms with Gasteiger partial charge in [-0.1, -0.05) is 41.4 Å². The number of nitrogens with zero attached hydrogens (tertiary/aromatic N) is 4. The predicted molar refractivity (Wildman–Crippen MR) is 102 cm³/mol. The standard InChI is InChI=1S/C19H14Cl2N4/c1-11-9-12(2)25(24-11)19-22-17-8-7-13(20)10-15(17)18(23-19)14-5-3-4-6-16(14)21/h3-10H,1-2H3. The van der Waals surface area contributed by atoms with Gasteiger partial charge in [0.1, 0.15) is 0 Å². The van der Waals surface area contributed by atoms with Crippen molar-refractivity contribution < 1.29 is 0 Å². The molecule has 4 rings (SSSR count). The van der Waals surface area contributed by atoms with Crippen molar-refractivity contribution in [2.45, 2.75) is 13.8 Å². The third-order valence-electron chi connectivity index (χ3n) is 3.97. The Morgan fingerprint density at radius 1 is 0.920 bits per heavy atom. The topological polar surface area (TPSA) is 43.6 Å². The highest BCUT2D eigenvalue weighted by atomic mass is 35.5. The molecule has 2 aromatic heterocycles. The predicted octanol–water partition coefficient (Wildman–Crippen LogP) is 5.41. The Hall–Kier alpha value is -2.43. The molecule has 6 heteroatoms. The van der Waals surface area contributed by atoms with E-state index in [1.165, 1.54) is 0 Å². The van der Waals surface area contributed by atoms with Crippen LogP contribution in [0.25, 0.3) is 28.1 Å². The maximum absolute atomic E-state index is 6.42. The van der Waals surface area contributed by atoms with Crippen LogP contribution in [-0.4, -0.2) is 19.7 Å². The van der Waals surface area contributed by atoms with Gasteiger partial charge in [0.05, 0.1) is 16.9 Å². The molecular formula is C19H14Cl2N4. The largest absolute Gasteiger partial charge is 0.251 e. The average Bonchev–Trinajstić information content (AvgIpc) is 2.93. The number of rotatable bonds is 2. The first-order valence-corrected chi connectivity index (χ1v) is 8.54. The summed E-state index contributed by atoms with van der Waals surface area (Å²) < 4.78 is 1.74. The van der Waals surface area contributed by atoms with Crippen molar-refractivity contribution in [1.82, 2.24) is 19.7 Å². The average molecular weight is 369 g/mol. The van der Waals surface area contributed by atoms with Crippen LogP contribution in [0.15, 0.2) is 48.5 Å². The summed E-state index contributed by atoms with van der Waals surface area (Å²) in [6.45, 7) is 3.92. The summed E-state index contributed by atoms with van der Waals surface area (Å²) in [6, 6.07) is 15.2. The van der Waals surface area contributed by atoms with Crippen LogP contribution in [0.4, 0.5) is 0 Å². The van der Waals surface area contributed by atoms with Crippen molar-refractivity contribution in [3.8, 4) is 17.2 Å². The lowest BCUT2D eigenvalue weighted by atomic mass is 10.1. The van der Waals surface area contributed by atoms with Crippen molar-refractivity contribution in [3.05, 3.63) is 70.0 Å². The van der Waals surface area contributed by atoms with Crippen molar-refractivity contribution in [2.75, 3.05) is 0 Å². The first kappa shape index (κ1) is 16.1. The number of halogens is 2. The lowest BCUT2D eigenvalue weighted by Gasteiger charge is -2.11. The van der Waals surface area contributed by atoms with Crippen molar-refractivity contribution in [1.29, 1.82) is 0 Å². The van der Waals surface area contributed by atoms with Crippen LogP contribution in [-0.2, 0) is 0 Å². The number of aryl methyl sites for hydroxylation is 2. The zero-order chi connectivity index (χ0) is 17.6. The lowest BCUT2D eigenvalue weighted by Crippen LogP contribution is -2.06. The Labute approximate surface area is 155 Å². The van der Waals surface area contributed by atoms with E-state index in [4.69, 9.17) is 28.2 Å². The first-order valence-electron chi connectivity index (χ1n) is 7.79. The maximum Gasteiger partial charge on any atom is 0.251 e. The van der Waals surface area contributed by atoms with Gasteiger partial charge in [-0.15, -0.1) is 0 Å². The Kier molecular flexibility index (Phi) is 3.94. The molecule has 0 atom stereocenters. The minimum Gasteiger partial charge on any atom is -0.211 e. The van der Waals surface area contributed by atoms with Crippen LogP contribution in [0.5, 0.6) is 0 Å². The molecule has 2 heterocycles. The van der Waals surface area contributed by atoms with Gasteiger partial charge in [-0.25, -0.2) is 14.6 Å². The van der Waals surface area contributed by atoms with Gasteiger partial charge >= 0.3 is 0 Å². The van der Waals surface area contributed by atoms with E-state index in [9.17, 15) is 0 Å². The SMILES string of the molecule is Cc1cc(C)n(-c2nc(-c3ccccc3Cl)c3cc(Cl)ccc3n2)n1. The van der Waals surface area contributed by atoms with Crippen LogP contribution in [0.2, 0.25) is 10.0 Å². The molecule has 0 spiro atoms. The molecule has 25 heavy (non-hydrogen) atoms. The van der Waals surface area contributed by atoms with Crippen LogP contribution in [0.1, 0.15) is 11.4 Å². The molecule has 0 unspecified atom stereocenters. The molecule has 0 saturated heterocycles. The highest BCUT2D eigenvalue weighted by Crippen LogP contribution is 2.33. The van der Waals surface area contributed by atoms with Crippen molar-refractivity contribution >= 4 is 34.1 Å². The van der Waals surface area contributed by atoms with E-state index < -0.39 is 0 Å². The number of hydrogen-bond donors (Lipinski definition) is 0. The third kappa shape index (κ3) is 2.88. The summed E-state index contributed by atoms with van der Waals surface area (Å²) in [5.41, 5.74) is 4.24. The van der Waals surface area contributed by atoms with Gasteiger partial charge in [-0.2, -0.15) is 5.10 Å². The smallest absolute Gasteiger partial charge is 0.211 e. The fraction of sp³-hybridized carbons (Fsp3) is 0.105. The van der Waals surface area contributed by atoms with E-state index in [-0.39, 0.29) is 0 Å². The molecule has 0 aliphatic carbocycles. The summed E-state index contributed by atoms with van der Waals surface area (Å²) in [7, 11) is 0. The highest BCUT2D eigenvalue weighted by molar-refractivity contribution is 6.34. The minimum atomic E-state index is 0.510. The van der Waals surface area contributed by atoms with Gasteiger partial charge in [-0.05, 0) is 44.2 Å². The Morgan fingerprint density at radius 3 is 2.44 bits per heavy atom. The van der Waals surface area contributed by atoms with Crippen LogP contribution >= 0.6 is 23.2 Å². The van der Waals surface area contributed by atoms with Crippen LogP contribution < -0.4 is 0 Å². The van der Waals surface area contributed by atoms with E-state index in [0.717, 1.165) is 33.5 Å². The lowest BCUT2D eigenvalue weighted by molar-refractivity contribution is 0.781. The van der Waals surface area contributed by atoms with E-state index in [2.05, 4.69) is 10.1 Å². The quantitative estimate of drug-likeness (QED) is 0.475. The molecule has 2 aromatic carbocycles. The Morgan fingerprint density at radius 2 is 1.72 bits per heavy atom. The summed E-state index contributed by atoms with van der Waals surface area (Å²) in [5.74, 6) is 0.510. The summed E-state index contributed by atoms with van der Waals surface area (Å²) in [6.07, 6.45) is 0. The summed E-state index contributed by atoms with van der Waals surface area (Å²) in [4.78, 5) is 9.43. The number of hydrogen-bond acceptors (Lipinski definition) is 3. The summed E-state index contributed by atoms with van der Waals surface area (Å²) in [5, 5.41) is 6.60. The zero-order valence-electron chi connectivity index (χ0n) is 13.7. The molecule has 0 bridgehead atoms.